The van der Waals surface area contributed by atoms with Gasteiger partial charge in [0.1, 0.15) is 5.52 Å². The first-order chi connectivity index (χ1) is 17.3. The first kappa shape index (κ1) is 22.2. The highest BCUT2D eigenvalue weighted by atomic mass is 19.4. The molecular formula is C30H20F3N3. The predicted molar refractivity (Wildman–Crippen MR) is 138 cm³/mol. The van der Waals surface area contributed by atoms with E-state index >= 15 is 0 Å². The molecule has 4 aromatic carbocycles. The van der Waals surface area contributed by atoms with Crippen molar-refractivity contribution >= 4 is 32.6 Å². The van der Waals surface area contributed by atoms with E-state index in [4.69, 9.17) is 0 Å². The van der Waals surface area contributed by atoms with Gasteiger partial charge < -0.3 is 0 Å². The molecule has 0 spiro atoms. The third kappa shape index (κ3) is 3.66. The number of halogens is 3. The van der Waals surface area contributed by atoms with Crippen molar-refractivity contribution in [2.45, 2.75) is 20.0 Å². The Bertz CT molecular complexity index is 1790. The molecular weight excluding hydrogens is 459 g/mol. The molecule has 36 heavy (non-hydrogen) atoms. The molecule has 0 unspecified atom stereocenters. The van der Waals surface area contributed by atoms with Crippen LogP contribution in [0.25, 0.3) is 55.0 Å². The smallest absolute Gasteiger partial charge is 0.256 e. The summed E-state index contributed by atoms with van der Waals surface area (Å²) in [4.78, 5) is 12.9. The quantitative estimate of drug-likeness (QED) is 0.235. The van der Waals surface area contributed by atoms with Crippen molar-refractivity contribution in [2.24, 2.45) is 0 Å². The fourth-order valence-corrected chi connectivity index (χ4v) is 5.02. The van der Waals surface area contributed by atoms with E-state index in [0.717, 1.165) is 44.4 Å². The van der Waals surface area contributed by atoms with E-state index in [-0.39, 0.29) is 11.0 Å². The number of hydrogen-bond acceptors (Lipinski definition) is 3. The van der Waals surface area contributed by atoms with Crippen molar-refractivity contribution in [3.05, 3.63) is 102 Å². The van der Waals surface area contributed by atoms with Gasteiger partial charge in [0.25, 0.3) is 0 Å². The molecule has 0 saturated heterocycles. The molecule has 0 N–H and O–H groups in total. The molecule has 0 bridgehead atoms. The van der Waals surface area contributed by atoms with Crippen molar-refractivity contribution in [3.8, 4) is 22.4 Å². The fraction of sp³-hybridized carbons (Fsp3) is 0.100. The summed E-state index contributed by atoms with van der Waals surface area (Å²) in [6.07, 6.45) is 0.0235. The summed E-state index contributed by atoms with van der Waals surface area (Å²) in [5.74, 6) is 0. The first-order valence-electron chi connectivity index (χ1n) is 11.5. The molecule has 0 aliphatic heterocycles. The number of aromatic nitrogens is 3. The summed E-state index contributed by atoms with van der Waals surface area (Å²) in [5, 5.41) is 4.15. The fourth-order valence-electron chi connectivity index (χ4n) is 5.02. The summed E-state index contributed by atoms with van der Waals surface area (Å²) in [7, 11) is 0. The number of aryl methyl sites for hydroxylation is 2. The van der Waals surface area contributed by atoms with Gasteiger partial charge in [0.15, 0.2) is 0 Å². The minimum absolute atomic E-state index is 0.148. The van der Waals surface area contributed by atoms with Crippen LogP contribution in [0.15, 0.2) is 85.3 Å². The van der Waals surface area contributed by atoms with Crippen molar-refractivity contribution in [3.63, 3.8) is 0 Å². The maximum atomic E-state index is 13.5. The number of fused-ring (bicyclic) bond motifs is 4. The van der Waals surface area contributed by atoms with E-state index in [1.807, 2.05) is 36.5 Å². The van der Waals surface area contributed by atoms with Gasteiger partial charge in [-0.05, 0) is 65.9 Å². The Morgan fingerprint density at radius 1 is 0.583 bits per heavy atom. The molecule has 0 fully saturated rings. The molecule has 3 nitrogen and oxygen atoms in total. The van der Waals surface area contributed by atoms with Crippen LogP contribution in [0, 0.1) is 13.8 Å². The van der Waals surface area contributed by atoms with Crippen molar-refractivity contribution in [2.75, 3.05) is 0 Å². The van der Waals surface area contributed by atoms with Gasteiger partial charge >= 0.3 is 6.18 Å². The lowest BCUT2D eigenvalue weighted by molar-refractivity contribution is -0.136. The van der Waals surface area contributed by atoms with Gasteiger partial charge in [-0.3, -0.25) is 15.0 Å². The monoisotopic (exact) mass is 479 g/mol. The second-order valence-corrected chi connectivity index (χ2v) is 9.04. The third-order valence-electron chi connectivity index (χ3n) is 6.50. The van der Waals surface area contributed by atoms with Crippen LogP contribution >= 0.6 is 0 Å². The van der Waals surface area contributed by atoms with Gasteiger partial charge in [0.05, 0.1) is 16.8 Å². The third-order valence-corrected chi connectivity index (χ3v) is 6.50. The molecule has 2 heterocycles. The molecule has 0 aliphatic carbocycles. The van der Waals surface area contributed by atoms with E-state index < -0.39 is 11.7 Å². The maximum absolute atomic E-state index is 13.5. The van der Waals surface area contributed by atoms with Gasteiger partial charge in [0, 0.05) is 35.1 Å². The number of alkyl halides is 3. The summed E-state index contributed by atoms with van der Waals surface area (Å²) < 4.78 is 40.6. The number of nitrogens with zero attached hydrogens (tertiary/aromatic N) is 3. The highest BCUT2D eigenvalue weighted by molar-refractivity contribution is 6.12. The van der Waals surface area contributed by atoms with Crippen LogP contribution in [0.4, 0.5) is 13.2 Å². The van der Waals surface area contributed by atoms with Crippen LogP contribution in [0.3, 0.4) is 0 Å². The van der Waals surface area contributed by atoms with Crippen LogP contribution in [0.5, 0.6) is 0 Å². The average Bonchev–Trinajstić information content (AvgIpc) is 2.86. The largest absolute Gasteiger partial charge is 0.418 e. The summed E-state index contributed by atoms with van der Waals surface area (Å²) >= 11 is 0. The zero-order valence-electron chi connectivity index (χ0n) is 19.6. The van der Waals surface area contributed by atoms with Crippen molar-refractivity contribution < 1.29 is 13.2 Å². The lowest BCUT2D eigenvalue weighted by Crippen LogP contribution is -2.07. The predicted octanol–water partition coefficient (Wildman–Crippen LogP) is 8.30. The Morgan fingerprint density at radius 3 is 2.06 bits per heavy atom. The maximum Gasteiger partial charge on any atom is 0.418 e. The minimum atomic E-state index is -4.50. The minimum Gasteiger partial charge on any atom is -0.256 e. The van der Waals surface area contributed by atoms with Gasteiger partial charge in [-0.2, -0.15) is 13.2 Å². The van der Waals surface area contributed by atoms with Crippen molar-refractivity contribution in [1.82, 2.24) is 15.0 Å². The summed E-state index contributed by atoms with van der Waals surface area (Å²) in [6, 6.07) is 21.0. The second kappa shape index (κ2) is 8.12. The molecule has 2 aromatic heterocycles. The van der Waals surface area contributed by atoms with Crippen LogP contribution in [-0.2, 0) is 6.18 Å². The first-order valence-corrected chi connectivity index (χ1v) is 11.5. The molecule has 0 atom stereocenters. The Labute approximate surface area is 205 Å². The number of hydrogen-bond donors (Lipinski definition) is 0. The molecule has 0 amide bonds. The topological polar surface area (TPSA) is 38.7 Å². The lowest BCUT2D eigenvalue weighted by Gasteiger charge is -2.13. The lowest BCUT2D eigenvalue weighted by atomic mass is 9.94. The molecule has 6 aromatic rings. The van der Waals surface area contributed by atoms with Crippen molar-refractivity contribution in [1.29, 1.82) is 0 Å². The Balaban J connectivity index is 1.54. The standard InChI is InChI=1S/C30H20F3N3/c1-17-13-18(2)15-21(14-17)27-25-6-4-19-16-20(3-5-22(19)24(25)9-10-34-27)23-7-8-26(30(31,32)33)29-28(23)35-11-12-36-29/h3-16H,1-2H3. The van der Waals surface area contributed by atoms with Crippen LogP contribution in [0.1, 0.15) is 16.7 Å². The average molecular weight is 480 g/mol. The zero-order valence-corrected chi connectivity index (χ0v) is 19.6. The van der Waals surface area contributed by atoms with Gasteiger partial charge in [-0.25, -0.2) is 0 Å². The molecule has 0 aliphatic rings. The Hall–Kier alpha value is -4.32. The van der Waals surface area contributed by atoms with Crippen LogP contribution < -0.4 is 0 Å². The molecule has 0 radical (unpaired) electrons. The molecule has 6 heteroatoms. The van der Waals surface area contributed by atoms with Gasteiger partial charge in [-0.1, -0.05) is 47.5 Å². The highest BCUT2D eigenvalue weighted by Crippen LogP contribution is 2.39. The van der Waals surface area contributed by atoms with Crippen LogP contribution in [0.2, 0.25) is 0 Å². The SMILES string of the molecule is Cc1cc(C)cc(-c2nccc3c2ccc2cc(-c4ccc(C(F)(F)F)c5nccnc45)ccc23)c1. The normalized spacial score (nSPS) is 12.0. The summed E-state index contributed by atoms with van der Waals surface area (Å²) in [6.45, 7) is 4.15. The van der Waals surface area contributed by atoms with E-state index in [1.54, 1.807) is 0 Å². The van der Waals surface area contributed by atoms with E-state index in [9.17, 15) is 13.2 Å². The molecule has 0 saturated carbocycles. The second-order valence-electron chi connectivity index (χ2n) is 9.04. The Morgan fingerprint density at radius 2 is 1.31 bits per heavy atom. The van der Waals surface area contributed by atoms with E-state index in [1.165, 1.54) is 29.6 Å². The van der Waals surface area contributed by atoms with Gasteiger partial charge in [-0.15, -0.1) is 0 Å². The Kier molecular flexibility index (Phi) is 5.00. The van der Waals surface area contributed by atoms with Crippen LogP contribution in [-0.4, -0.2) is 15.0 Å². The summed E-state index contributed by atoms with van der Waals surface area (Å²) in [5.41, 5.74) is 5.05. The highest BCUT2D eigenvalue weighted by Gasteiger charge is 2.34. The zero-order chi connectivity index (χ0) is 25.0. The number of pyridine rings is 1. The molecule has 176 valence electrons. The van der Waals surface area contributed by atoms with E-state index in [0.29, 0.717) is 5.56 Å². The number of rotatable bonds is 2. The van der Waals surface area contributed by atoms with Gasteiger partial charge in [0.2, 0.25) is 0 Å². The van der Waals surface area contributed by atoms with E-state index in [2.05, 4.69) is 53.1 Å². The number of benzene rings is 4. The molecule has 6 rings (SSSR count).